The number of rotatable bonds is 7. The predicted molar refractivity (Wildman–Crippen MR) is 68.9 cm³/mol. The highest BCUT2D eigenvalue weighted by molar-refractivity contribution is 5.82. The van der Waals surface area contributed by atoms with E-state index in [4.69, 9.17) is 5.11 Å². The van der Waals surface area contributed by atoms with Gasteiger partial charge in [0.2, 0.25) is 0 Å². The van der Waals surface area contributed by atoms with Crippen LogP contribution in [-0.2, 0) is 11.2 Å². The van der Waals surface area contributed by atoms with E-state index in [1.165, 1.54) is 6.07 Å². The lowest BCUT2D eigenvalue weighted by Crippen LogP contribution is -2.29. The second kappa shape index (κ2) is 7.24. The molecule has 0 spiro atoms. The fourth-order valence-corrected chi connectivity index (χ4v) is 1.70. The lowest BCUT2D eigenvalue weighted by atomic mass is 10.1. The van der Waals surface area contributed by atoms with Gasteiger partial charge in [-0.25, -0.2) is 4.39 Å². The molecule has 0 radical (unpaired) electrons. The number of halogens is 1. The van der Waals surface area contributed by atoms with Gasteiger partial charge in [-0.15, -0.1) is 0 Å². The Bertz CT molecular complexity index is 393. The van der Waals surface area contributed by atoms with Gasteiger partial charge in [-0.1, -0.05) is 18.2 Å². The summed E-state index contributed by atoms with van der Waals surface area (Å²) in [6.07, 6.45) is 0.379. The molecule has 0 saturated heterocycles. The van der Waals surface area contributed by atoms with Crippen LogP contribution in [0.2, 0.25) is 0 Å². The average molecular weight is 253 g/mol. The summed E-state index contributed by atoms with van der Waals surface area (Å²) in [7, 11) is 1.82. The van der Waals surface area contributed by atoms with Crippen molar-refractivity contribution in [2.24, 2.45) is 0 Å². The van der Waals surface area contributed by atoms with Gasteiger partial charge in [0.15, 0.2) is 5.78 Å². The first-order valence-corrected chi connectivity index (χ1v) is 6.10. The van der Waals surface area contributed by atoms with E-state index < -0.39 is 0 Å². The zero-order valence-corrected chi connectivity index (χ0v) is 10.9. The van der Waals surface area contributed by atoms with E-state index in [0.717, 1.165) is 0 Å². The first-order valence-electron chi connectivity index (χ1n) is 6.10. The molecule has 1 atom stereocenters. The van der Waals surface area contributed by atoms with Crippen LogP contribution in [0.3, 0.4) is 0 Å². The molecule has 0 heterocycles. The number of nitrogens with zero attached hydrogens (tertiary/aromatic N) is 1. The summed E-state index contributed by atoms with van der Waals surface area (Å²) in [6, 6.07) is 6.32. The molecule has 1 aromatic carbocycles. The van der Waals surface area contributed by atoms with Gasteiger partial charge in [-0.3, -0.25) is 9.69 Å². The fourth-order valence-electron chi connectivity index (χ4n) is 1.70. The molecule has 100 valence electrons. The first-order chi connectivity index (χ1) is 8.49. The maximum atomic E-state index is 13.3. The number of Topliss-reactive ketones (excluding diaryl/α,β-unsaturated/α-hetero) is 1. The number of carbonyl (C=O) groups excluding carboxylic acids is 1. The zero-order valence-electron chi connectivity index (χ0n) is 10.9. The molecular formula is C14H20FNO2. The molecular weight excluding hydrogens is 233 g/mol. The SMILES string of the molecule is CC(O)CCN(C)CC(=O)Cc1ccccc1F. The maximum absolute atomic E-state index is 13.3. The first kappa shape index (κ1) is 14.8. The fraction of sp³-hybridized carbons (Fsp3) is 0.500. The summed E-state index contributed by atoms with van der Waals surface area (Å²) in [5.74, 6) is -0.356. The normalized spacial score (nSPS) is 12.7. The minimum Gasteiger partial charge on any atom is -0.393 e. The summed E-state index contributed by atoms with van der Waals surface area (Å²) in [5, 5.41) is 9.15. The summed E-state index contributed by atoms with van der Waals surface area (Å²) >= 11 is 0. The summed E-state index contributed by atoms with van der Waals surface area (Å²) in [5.41, 5.74) is 0.437. The van der Waals surface area contributed by atoms with Crippen molar-refractivity contribution in [3.05, 3.63) is 35.6 Å². The van der Waals surface area contributed by atoms with Gasteiger partial charge >= 0.3 is 0 Å². The smallest absolute Gasteiger partial charge is 0.151 e. The summed E-state index contributed by atoms with van der Waals surface area (Å²) in [6.45, 7) is 2.65. The van der Waals surface area contributed by atoms with E-state index in [9.17, 15) is 9.18 Å². The van der Waals surface area contributed by atoms with Crippen LogP contribution in [0.15, 0.2) is 24.3 Å². The lowest BCUT2D eigenvalue weighted by molar-refractivity contribution is -0.119. The molecule has 0 aromatic heterocycles. The van der Waals surface area contributed by atoms with E-state index in [-0.39, 0.29) is 30.7 Å². The van der Waals surface area contributed by atoms with Crippen molar-refractivity contribution < 1.29 is 14.3 Å². The highest BCUT2D eigenvalue weighted by Crippen LogP contribution is 2.07. The minimum absolute atomic E-state index is 0.0202. The molecule has 0 bridgehead atoms. The number of hydrogen-bond acceptors (Lipinski definition) is 3. The van der Waals surface area contributed by atoms with Gasteiger partial charge in [0.05, 0.1) is 12.6 Å². The van der Waals surface area contributed by atoms with Crippen LogP contribution in [0, 0.1) is 5.82 Å². The predicted octanol–water partition coefficient (Wildman–Crippen LogP) is 1.64. The van der Waals surface area contributed by atoms with E-state index in [1.54, 1.807) is 25.1 Å². The molecule has 0 amide bonds. The number of ketones is 1. The van der Waals surface area contributed by atoms with E-state index in [0.29, 0.717) is 18.5 Å². The monoisotopic (exact) mass is 253 g/mol. The third kappa shape index (κ3) is 5.38. The zero-order chi connectivity index (χ0) is 13.5. The third-order valence-electron chi connectivity index (χ3n) is 2.72. The van der Waals surface area contributed by atoms with E-state index >= 15 is 0 Å². The second-order valence-electron chi connectivity index (χ2n) is 4.68. The quantitative estimate of drug-likeness (QED) is 0.803. The van der Waals surface area contributed by atoms with E-state index in [1.807, 2.05) is 11.9 Å². The molecule has 4 heteroatoms. The van der Waals surface area contributed by atoms with E-state index in [2.05, 4.69) is 0 Å². The Kier molecular flexibility index (Phi) is 5.95. The number of carbonyl (C=O) groups is 1. The number of hydrogen-bond donors (Lipinski definition) is 1. The van der Waals surface area contributed by atoms with Crippen LogP contribution in [0.4, 0.5) is 4.39 Å². The molecule has 0 fully saturated rings. The molecule has 1 aromatic rings. The number of aliphatic hydroxyl groups excluding tert-OH is 1. The van der Waals surface area contributed by atoms with Crippen LogP contribution in [0.25, 0.3) is 0 Å². The summed E-state index contributed by atoms with van der Waals surface area (Å²) < 4.78 is 13.3. The minimum atomic E-state index is -0.367. The molecule has 1 N–H and O–H groups in total. The van der Waals surface area contributed by atoms with Crippen LogP contribution in [0.5, 0.6) is 0 Å². The van der Waals surface area contributed by atoms with Gasteiger partial charge in [-0.05, 0) is 32.0 Å². The van der Waals surface area contributed by atoms with Gasteiger partial charge in [-0.2, -0.15) is 0 Å². The lowest BCUT2D eigenvalue weighted by Gasteiger charge is -2.16. The van der Waals surface area contributed by atoms with Crippen molar-refractivity contribution in [2.45, 2.75) is 25.9 Å². The Morgan fingerprint density at radius 1 is 1.44 bits per heavy atom. The Balaban J connectivity index is 2.40. The molecule has 0 aliphatic rings. The van der Waals surface area contributed by atoms with Crippen molar-refractivity contribution in [1.82, 2.24) is 4.90 Å². The van der Waals surface area contributed by atoms with Crippen LogP contribution in [-0.4, -0.2) is 42.0 Å². The molecule has 0 aliphatic heterocycles. The summed E-state index contributed by atoms with van der Waals surface area (Å²) in [4.78, 5) is 13.6. The van der Waals surface area contributed by atoms with Crippen molar-refractivity contribution >= 4 is 5.78 Å². The molecule has 0 aliphatic carbocycles. The standard InChI is InChI=1S/C14H20FNO2/c1-11(17)7-8-16(2)10-13(18)9-12-5-3-4-6-14(12)15/h3-6,11,17H,7-10H2,1-2H3. The van der Waals surface area contributed by atoms with Crippen molar-refractivity contribution in [1.29, 1.82) is 0 Å². The van der Waals surface area contributed by atoms with Crippen LogP contribution in [0.1, 0.15) is 18.9 Å². The Morgan fingerprint density at radius 2 is 2.11 bits per heavy atom. The van der Waals surface area contributed by atoms with Crippen molar-refractivity contribution in [3.63, 3.8) is 0 Å². The topological polar surface area (TPSA) is 40.5 Å². The molecule has 0 saturated carbocycles. The molecule has 1 rings (SSSR count). The van der Waals surface area contributed by atoms with Crippen molar-refractivity contribution in [2.75, 3.05) is 20.1 Å². The van der Waals surface area contributed by atoms with Crippen LogP contribution < -0.4 is 0 Å². The van der Waals surface area contributed by atoms with Crippen molar-refractivity contribution in [3.8, 4) is 0 Å². The third-order valence-corrected chi connectivity index (χ3v) is 2.72. The highest BCUT2D eigenvalue weighted by atomic mass is 19.1. The van der Waals surface area contributed by atoms with Gasteiger partial charge < -0.3 is 5.11 Å². The molecule has 3 nitrogen and oxygen atoms in total. The molecule has 1 unspecified atom stereocenters. The number of likely N-dealkylation sites (N-methyl/N-ethyl adjacent to an activating group) is 1. The largest absolute Gasteiger partial charge is 0.393 e. The maximum Gasteiger partial charge on any atom is 0.151 e. The Morgan fingerprint density at radius 3 is 2.72 bits per heavy atom. The number of benzene rings is 1. The second-order valence-corrected chi connectivity index (χ2v) is 4.68. The number of aliphatic hydroxyl groups is 1. The average Bonchev–Trinajstić information content (AvgIpc) is 2.29. The molecule has 18 heavy (non-hydrogen) atoms. The van der Waals surface area contributed by atoms with Gasteiger partial charge in [0.1, 0.15) is 5.82 Å². The Hall–Kier alpha value is -1.26. The van der Waals surface area contributed by atoms with Gasteiger partial charge in [0.25, 0.3) is 0 Å². The van der Waals surface area contributed by atoms with Gasteiger partial charge in [0, 0.05) is 13.0 Å². The Labute approximate surface area is 107 Å². The van der Waals surface area contributed by atoms with Crippen LogP contribution >= 0.6 is 0 Å². The highest BCUT2D eigenvalue weighted by Gasteiger charge is 2.10.